The van der Waals surface area contributed by atoms with Crippen molar-refractivity contribution >= 4 is 17.9 Å². The van der Waals surface area contributed by atoms with Crippen molar-refractivity contribution in [3.63, 3.8) is 0 Å². The Labute approximate surface area is 170 Å². The van der Waals surface area contributed by atoms with Crippen LogP contribution in [0.3, 0.4) is 0 Å². The molecule has 1 aliphatic rings. The summed E-state index contributed by atoms with van der Waals surface area (Å²) in [5.74, 6) is -3.36. The summed E-state index contributed by atoms with van der Waals surface area (Å²) in [5, 5.41) is 2.34. The molecule has 1 heterocycles. The van der Waals surface area contributed by atoms with Crippen LogP contribution in [0.5, 0.6) is 0 Å². The van der Waals surface area contributed by atoms with Gasteiger partial charge in [-0.25, -0.2) is 9.18 Å². The Bertz CT molecular complexity index is 841. The highest BCUT2D eigenvalue weighted by Crippen LogP contribution is 2.30. The van der Waals surface area contributed by atoms with Crippen molar-refractivity contribution < 1.29 is 36.7 Å². The highest BCUT2D eigenvalue weighted by atomic mass is 19.4. The van der Waals surface area contributed by atoms with Gasteiger partial charge < -0.3 is 20.7 Å². The molecule has 0 aliphatic carbocycles. The summed E-state index contributed by atoms with van der Waals surface area (Å²) in [7, 11) is 0. The molecule has 0 unspecified atom stereocenters. The third-order valence-electron chi connectivity index (χ3n) is 4.63. The summed E-state index contributed by atoms with van der Waals surface area (Å²) in [4.78, 5) is 38.0. The van der Waals surface area contributed by atoms with Crippen LogP contribution in [-0.4, -0.2) is 47.0 Å². The van der Waals surface area contributed by atoms with E-state index in [1.165, 1.54) is 4.90 Å². The molecule has 11 heteroatoms. The summed E-state index contributed by atoms with van der Waals surface area (Å²) >= 11 is 0. The molecule has 30 heavy (non-hydrogen) atoms. The normalized spacial score (nSPS) is 16.7. The number of benzene rings is 1. The Morgan fingerprint density at radius 3 is 2.13 bits per heavy atom. The molecule has 0 bridgehead atoms. The molecule has 1 aromatic carbocycles. The lowest BCUT2D eigenvalue weighted by molar-refractivity contribution is -0.137. The lowest BCUT2D eigenvalue weighted by atomic mass is 9.86. The Balaban J connectivity index is 2.14. The van der Waals surface area contributed by atoms with Gasteiger partial charge in [-0.05, 0) is 51.8 Å². The van der Waals surface area contributed by atoms with E-state index in [1.807, 2.05) is 0 Å². The zero-order valence-corrected chi connectivity index (χ0v) is 16.7. The van der Waals surface area contributed by atoms with Crippen molar-refractivity contribution in [3.8, 4) is 0 Å². The fourth-order valence-corrected chi connectivity index (χ4v) is 2.99. The van der Waals surface area contributed by atoms with E-state index < -0.39 is 52.2 Å². The summed E-state index contributed by atoms with van der Waals surface area (Å²) in [6.07, 6.45) is -5.48. The quantitative estimate of drug-likeness (QED) is 0.716. The molecule has 1 fully saturated rings. The molecular formula is C19H23F4N3O4. The van der Waals surface area contributed by atoms with E-state index in [9.17, 15) is 31.9 Å². The molecule has 1 aliphatic heterocycles. The van der Waals surface area contributed by atoms with Gasteiger partial charge in [0.15, 0.2) is 0 Å². The van der Waals surface area contributed by atoms with Gasteiger partial charge in [-0.3, -0.25) is 9.59 Å². The van der Waals surface area contributed by atoms with Crippen molar-refractivity contribution in [1.29, 1.82) is 0 Å². The van der Waals surface area contributed by atoms with Gasteiger partial charge in [0.25, 0.3) is 5.91 Å². The van der Waals surface area contributed by atoms with E-state index in [-0.39, 0.29) is 32.0 Å². The number of hydrogen-bond acceptors (Lipinski definition) is 4. The largest absolute Gasteiger partial charge is 0.444 e. The monoisotopic (exact) mass is 433 g/mol. The molecule has 0 atom stereocenters. The van der Waals surface area contributed by atoms with Crippen molar-refractivity contribution in [1.82, 2.24) is 10.2 Å². The fourth-order valence-electron chi connectivity index (χ4n) is 2.99. The SMILES string of the molecule is CC(C)(C)OC(=O)N1CCC(NC(=O)c2ccc(C(F)(F)F)cc2F)(C(N)=O)CC1. The predicted octanol–water partition coefficient (Wildman–Crippen LogP) is 2.83. The molecule has 0 saturated carbocycles. The Morgan fingerprint density at radius 1 is 1.13 bits per heavy atom. The summed E-state index contributed by atoms with van der Waals surface area (Å²) in [6, 6.07) is 1.47. The standard InChI is InChI=1S/C19H23F4N3O4/c1-17(2,3)30-16(29)26-8-6-18(7-9-26,15(24)28)25-14(27)12-5-4-11(10-13(12)20)19(21,22)23/h4-5,10H,6-9H2,1-3H3,(H2,24,28)(H,25,27). The van der Waals surface area contributed by atoms with Gasteiger partial charge in [-0.1, -0.05) is 0 Å². The summed E-state index contributed by atoms with van der Waals surface area (Å²) in [6.45, 7) is 5.16. The van der Waals surface area contributed by atoms with Crippen LogP contribution in [0.2, 0.25) is 0 Å². The first-order chi connectivity index (χ1) is 13.6. The molecule has 3 amide bonds. The predicted molar refractivity (Wildman–Crippen MR) is 97.8 cm³/mol. The van der Waals surface area contributed by atoms with Crippen molar-refractivity contribution in [2.24, 2.45) is 5.73 Å². The van der Waals surface area contributed by atoms with Crippen LogP contribution in [0.4, 0.5) is 22.4 Å². The van der Waals surface area contributed by atoms with Crippen LogP contribution in [0, 0.1) is 5.82 Å². The smallest absolute Gasteiger partial charge is 0.416 e. The number of likely N-dealkylation sites (tertiary alicyclic amines) is 1. The second kappa shape index (κ2) is 8.11. The van der Waals surface area contributed by atoms with Crippen LogP contribution in [0.25, 0.3) is 0 Å². The number of nitrogens with one attached hydrogen (secondary N) is 1. The van der Waals surface area contributed by atoms with Crippen molar-refractivity contribution in [2.45, 2.75) is 50.9 Å². The first-order valence-electron chi connectivity index (χ1n) is 9.12. The second-order valence-electron chi connectivity index (χ2n) is 8.06. The number of nitrogens with zero attached hydrogens (tertiary/aromatic N) is 1. The highest BCUT2D eigenvalue weighted by Gasteiger charge is 2.43. The molecule has 0 spiro atoms. The molecule has 0 radical (unpaired) electrons. The minimum absolute atomic E-state index is 0.0353. The molecule has 1 saturated heterocycles. The van der Waals surface area contributed by atoms with E-state index in [2.05, 4.69) is 5.32 Å². The molecule has 7 nitrogen and oxygen atoms in total. The number of halogens is 4. The van der Waals surface area contributed by atoms with Crippen molar-refractivity contribution in [2.75, 3.05) is 13.1 Å². The minimum atomic E-state index is -4.77. The Morgan fingerprint density at radius 2 is 1.70 bits per heavy atom. The highest BCUT2D eigenvalue weighted by molar-refractivity contribution is 5.99. The lowest BCUT2D eigenvalue weighted by Crippen LogP contribution is -2.63. The second-order valence-corrected chi connectivity index (χ2v) is 8.06. The zero-order chi connectivity index (χ0) is 22.9. The minimum Gasteiger partial charge on any atom is -0.444 e. The number of piperidine rings is 1. The maximum absolute atomic E-state index is 14.1. The Kier molecular flexibility index (Phi) is 6.34. The number of ether oxygens (including phenoxy) is 1. The van der Waals surface area contributed by atoms with E-state index in [4.69, 9.17) is 10.5 Å². The third-order valence-corrected chi connectivity index (χ3v) is 4.63. The van der Waals surface area contributed by atoms with Crippen LogP contribution >= 0.6 is 0 Å². The first kappa shape index (κ1) is 23.4. The number of carbonyl (C=O) groups is 3. The number of primary amides is 1. The van der Waals surface area contributed by atoms with Gasteiger partial charge in [-0.2, -0.15) is 13.2 Å². The number of nitrogens with two attached hydrogens (primary N) is 1. The number of hydrogen-bond donors (Lipinski definition) is 2. The topological polar surface area (TPSA) is 102 Å². The molecule has 0 aromatic heterocycles. The zero-order valence-electron chi connectivity index (χ0n) is 16.7. The van der Waals surface area contributed by atoms with Crippen LogP contribution in [0.1, 0.15) is 49.5 Å². The molecule has 166 valence electrons. The average Bonchev–Trinajstić information content (AvgIpc) is 2.59. The summed E-state index contributed by atoms with van der Waals surface area (Å²) < 4.78 is 57.4. The Hall–Kier alpha value is -2.85. The first-order valence-corrected chi connectivity index (χ1v) is 9.12. The van der Waals surface area contributed by atoms with Crippen LogP contribution in [-0.2, 0) is 15.7 Å². The van der Waals surface area contributed by atoms with Gasteiger partial charge >= 0.3 is 12.3 Å². The number of amides is 3. The maximum Gasteiger partial charge on any atom is 0.416 e. The van der Waals surface area contributed by atoms with Crippen molar-refractivity contribution in [3.05, 3.63) is 35.1 Å². The summed E-state index contributed by atoms with van der Waals surface area (Å²) in [5.41, 5.74) is 1.24. The number of rotatable bonds is 3. The van der Waals surface area contributed by atoms with E-state index in [1.54, 1.807) is 20.8 Å². The van der Waals surface area contributed by atoms with Gasteiger partial charge in [0.05, 0.1) is 11.1 Å². The number of carbonyl (C=O) groups excluding carboxylic acids is 3. The lowest BCUT2D eigenvalue weighted by Gasteiger charge is -2.40. The fraction of sp³-hybridized carbons (Fsp3) is 0.526. The third kappa shape index (κ3) is 5.39. The van der Waals surface area contributed by atoms with E-state index in [0.29, 0.717) is 12.1 Å². The van der Waals surface area contributed by atoms with Gasteiger partial charge in [0.2, 0.25) is 5.91 Å². The van der Waals surface area contributed by atoms with Gasteiger partial charge in [-0.15, -0.1) is 0 Å². The average molecular weight is 433 g/mol. The van der Waals surface area contributed by atoms with Crippen LogP contribution < -0.4 is 11.1 Å². The molecular weight excluding hydrogens is 410 g/mol. The van der Waals surface area contributed by atoms with E-state index >= 15 is 0 Å². The molecule has 2 rings (SSSR count). The van der Waals surface area contributed by atoms with Gasteiger partial charge in [0.1, 0.15) is 17.0 Å². The van der Waals surface area contributed by atoms with E-state index in [0.717, 1.165) is 0 Å². The maximum atomic E-state index is 14.1. The van der Waals surface area contributed by atoms with Gasteiger partial charge in [0, 0.05) is 13.1 Å². The molecule has 1 aromatic rings. The molecule has 3 N–H and O–H groups in total. The van der Waals surface area contributed by atoms with Crippen LogP contribution in [0.15, 0.2) is 18.2 Å². The number of alkyl halides is 3.